The second-order valence-electron chi connectivity index (χ2n) is 3.60. The number of hydrogen-bond acceptors (Lipinski definition) is 2. The second-order valence-corrected chi connectivity index (χ2v) is 3.60. The summed E-state index contributed by atoms with van der Waals surface area (Å²) < 4.78 is 0. The van der Waals surface area contributed by atoms with Crippen LogP contribution in [0, 0.1) is 0 Å². The summed E-state index contributed by atoms with van der Waals surface area (Å²) in [6, 6.07) is 9.89. The molecule has 0 spiro atoms. The van der Waals surface area contributed by atoms with Crippen LogP contribution < -0.4 is 0 Å². The molecule has 1 N–H and O–H groups in total. The van der Waals surface area contributed by atoms with E-state index in [1.54, 1.807) is 6.08 Å². The summed E-state index contributed by atoms with van der Waals surface area (Å²) >= 11 is 0. The number of ketones is 1. The van der Waals surface area contributed by atoms with Crippen LogP contribution in [0.2, 0.25) is 0 Å². The van der Waals surface area contributed by atoms with Gasteiger partial charge in [0.25, 0.3) is 0 Å². The van der Waals surface area contributed by atoms with Gasteiger partial charge < -0.3 is 5.11 Å². The van der Waals surface area contributed by atoms with Crippen LogP contribution in [-0.4, -0.2) is 17.5 Å². The number of aliphatic hydroxyl groups excluding tert-OH is 1. The van der Waals surface area contributed by atoms with Crippen molar-refractivity contribution in [2.75, 3.05) is 6.61 Å². The molecule has 0 aromatic heterocycles. The van der Waals surface area contributed by atoms with Crippen molar-refractivity contribution in [2.45, 2.75) is 12.8 Å². The number of hydrogen-bond donors (Lipinski definition) is 1. The Morgan fingerprint density at radius 2 is 1.94 bits per heavy atom. The zero-order valence-electron chi connectivity index (χ0n) is 9.23. The molecule has 1 rings (SSSR count). The average Bonchev–Trinajstić information content (AvgIpc) is 2.34. The molecule has 0 radical (unpaired) electrons. The summed E-state index contributed by atoms with van der Waals surface area (Å²) in [6.45, 7) is 3.47. The second kappa shape index (κ2) is 6.75. The minimum Gasteiger partial charge on any atom is -0.392 e. The molecule has 0 unspecified atom stereocenters. The highest BCUT2D eigenvalue weighted by atomic mass is 16.3. The van der Waals surface area contributed by atoms with Crippen LogP contribution in [-0.2, 0) is 11.2 Å². The largest absolute Gasteiger partial charge is 0.392 e. The van der Waals surface area contributed by atoms with Gasteiger partial charge in [0.1, 0.15) is 0 Å². The molecular formula is C14H16O2. The Balaban J connectivity index is 2.36. The molecule has 0 heterocycles. The summed E-state index contributed by atoms with van der Waals surface area (Å²) in [5.41, 5.74) is 1.71. The van der Waals surface area contributed by atoms with Gasteiger partial charge in [-0.05, 0) is 23.6 Å². The standard InChI is InChI=1S/C14H16O2/c1-12(11-15)7-9-14(16)10-8-13-5-3-2-4-6-13/h2-7,9,15H,1,8,10-11H2/b9-7-. The van der Waals surface area contributed by atoms with Crippen LogP contribution in [0.15, 0.2) is 54.6 Å². The lowest BCUT2D eigenvalue weighted by molar-refractivity contribution is -0.114. The van der Waals surface area contributed by atoms with Gasteiger partial charge in [-0.2, -0.15) is 0 Å². The van der Waals surface area contributed by atoms with Gasteiger partial charge in [-0.3, -0.25) is 4.79 Å². The molecule has 0 fully saturated rings. The first-order valence-electron chi connectivity index (χ1n) is 5.26. The minimum atomic E-state index is -0.109. The maximum Gasteiger partial charge on any atom is 0.156 e. The fourth-order valence-electron chi connectivity index (χ4n) is 1.26. The quantitative estimate of drug-likeness (QED) is 0.585. The van der Waals surface area contributed by atoms with E-state index in [0.717, 1.165) is 12.0 Å². The average molecular weight is 216 g/mol. The molecule has 0 atom stereocenters. The number of aryl methyl sites for hydroxylation is 1. The highest BCUT2D eigenvalue weighted by molar-refractivity contribution is 5.90. The van der Waals surface area contributed by atoms with Crippen LogP contribution >= 0.6 is 0 Å². The van der Waals surface area contributed by atoms with Crippen molar-refractivity contribution >= 4 is 5.78 Å². The van der Waals surface area contributed by atoms with E-state index in [0.29, 0.717) is 12.0 Å². The monoisotopic (exact) mass is 216 g/mol. The van der Waals surface area contributed by atoms with E-state index < -0.39 is 0 Å². The third kappa shape index (κ3) is 4.71. The minimum absolute atomic E-state index is 0.0541. The molecule has 0 saturated heterocycles. The molecule has 16 heavy (non-hydrogen) atoms. The Labute approximate surface area is 95.9 Å². The van der Waals surface area contributed by atoms with E-state index in [9.17, 15) is 4.79 Å². The molecule has 2 nitrogen and oxygen atoms in total. The van der Waals surface area contributed by atoms with Gasteiger partial charge in [-0.25, -0.2) is 0 Å². The lowest BCUT2D eigenvalue weighted by atomic mass is 10.1. The first-order chi connectivity index (χ1) is 7.72. The molecular weight excluding hydrogens is 200 g/mol. The number of benzene rings is 1. The lowest BCUT2D eigenvalue weighted by Gasteiger charge is -1.98. The number of carbonyl (C=O) groups excluding carboxylic acids is 1. The molecule has 0 saturated carbocycles. The van der Waals surface area contributed by atoms with Gasteiger partial charge in [0.15, 0.2) is 5.78 Å². The van der Waals surface area contributed by atoms with Gasteiger partial charge >= 0.3 is 0 Å². The first-order valence-corrected chi connectivity index (χ1v) is 5.26. The molecule has 0 amide bonds. The fourth-order valence-corrected chi connectivity index (χ4v) is 1.26. The van der Waals surface area contributed by atoms with E-state index >= 15 is 0 Å². The van der Waals surface area contributed by atoms with Crippen LogP contribution in [0.4, 0.5) is 0 Å². The van der Waals surface area contributed by atoms with Crippen molar-refractivity contribution in [3.8, 4) is 0 Å². The number of aliphatic hydroxyl groups is 1. The van der Waals surface area contributed by atoms with Gasteiger partial charge in [0, 0.05) is 6.42 Å². The molecule has 1 aromatic carbocycles. The van der Waals surface area contributed by atoms with Gasteiger partial charge in [0.05, 0.1) is 6.61 Å². The van der Waals surface area contributed by atoms with Crippen LogP contribution in [0.3, 0.4) is 0 Å². The Morgan fingerprint density at radius 1 is 1.25 bits per heavy atom. The van der Waals surface area contributed by atoms with E-state index in [4.69, 9.17) is 5.11 Å². The van der Waals surface area contributed by atoms with Crippen molar-refractivity contribution in [1.29, 1.82) is 0 Å². The van der Waals surface area contributed by atoms with E-state index in [1.165, 1.54) is 6.08 Å². The summed E-state index contributed by atoms with van der Waals surface area (Å²) in [5.74, 6) is 0.0541. The molecule has 84 valence electrons. The van der Waals surface area contributed by atoms with Crippen molar-refractivity contribution in [3.63, 3.8) is 0 Å². The predicted molar refractivity (Wildman–Crippen MR) is 65.1 cm³/mol. The van der Waals surface area contributed by atoms with Crippen LogP contribution in [0.25, 0.3) is 0 Å². The zero-order valence-corrected chi connectivity index (χ0v) is 9.23. The fraction of sp³-hybridized carbons (Fsp3) is 0.214. The van der Waals surface area contributed by atoms with E-state index in [-0.39, 0.29) is 12.4 Å². The topological polar surface area (TPSA) is 37.3 Å². The molecule has 1 aromatic rings. The van der Waals surface area contributed by atoms with Crippen molar-refractivity contribution in [1.82, 2.24) is 0 Å². The molecule has 0 bridgehead atoms. The van der Waals surface area contributed by atoms with E-state index in [2.05, 4.69) is 6.58 Å². The maximum atomic E-state index is 11.4. The summed E-state index contributed by atoms with van der Waals surface area (Å²) in [5, 5.41) is 8.69. The highest BCUT2D eigenvalue weighted by Gasteiger charge is 1.98. The number of carbonyl (C=O) groups is 1. The number of allylic oxidation sites excluding steroid dienone is 1. The maximum absolute atomic E-state index is 11.4. The van der Waals surface area contributed by atoms with Crippen molar-refractivity contribution < 1.29 is 9.90 Å². The van der Waals surface area contributed by atoms with Crippen LogP contribution in [0.5, 0.6) is 0 Å². The van der Waals surface area contributed by atoms with Gasteiger partial charge in [-0.1, -0.05) is 43.0 Å². The highest BCUT2D eigenvalue weighted by Crippen LogP contribution is 2.03. The summed E-state index contributed by atoms with van der Waals surface area (Å²) in [4.78, 5) is 11.4. The first kappa shape index (κ1) is 12.4. The van der Waals surface area contributed by atoms with Gasteiger partial charge in [-0.15, -0.1) is 0 Å². The molecule has 0 aliphatic heterocycles. The van der Waals surface area contributed by atoms with Crippen molar-refractivity contribution in [2.24, 2.45) is 0 Å². The Kier molecular flexibility index (Phi) is 5.23. The Hall–Kier alpha value is -1.67. The van der Waals surface area contributed by atoms with E-state index in [1.807, 2.05) is 30.3 Å². The molecule has 0 aliphatic rings. The SMILES string of the molecule is C=C(/C=C\C(=O)CCc1ccccc1)CO. The third-order valence-corrected chi connectivity index (χ3v) is 2.21. The molecule has 0 aliphatic carbocycles. The number of rotatable bonds is 6. The predicted octanol–water partition coefficient (Wildman–Crippen LogP) is 2.29. The Bertz CT molecular complexity index is 377. The van der Waals surface area contributed by atoms with Crippen molar-refractivity contribution in [3.05, 3.63) is 60.2 Å². The van der Waals surface area contributed by atoms with Gasteiger partial charge in [0.2, 0.25) is 0 Å². The smallest absolute Gasteiger partial charge is 0.156 e. The zero-order chi connectivity index (χ0) is 11.8. The normalized spacial score (nSPS) is 10.6. The molecule has 2 heteroatoms. The lowest BCUT2D eigenvalue weighted by Crippen LogP contribution is -1.96. The Morgan fingerprint density at radius 3 is 2.56 bits per heavy atom. The van der Waals surface area contributed by atoms with Crippen LogP contribution in [0.1, 0.15) is 12.0 Å². The third-order valence-electron chi connectivity index (χ3n) is 2.21. The summed E-state index contributed by atoms with van der Waals surface area (Å²) in [7, 11) is 0. The summed E-state index contributed by atoms with van der Waals surface area (Å²) in [6.07, 6.45) is 4.27.